The van der Waals surface area contributed by atoms with Crippen molar-refractivity contribution < 1.29 is 8.42 Å². The van der Waals surface area contributed by atoms with E-state index in [1.54, 1.807) is 41.0 Å². The maximum absolute atomic E-state index is 13.1. The van der Waals surface area contributed by atoms with Gasteiger partial charge in [0, 0.05) is 56.8 Å². The molecule has 172 valence electrons. The molecule has 1 saturated carbocycles. The topological polar surface area (TPSA) is 77.6 Å². The molecule has 2 N–H and O–H groups in total. The Labute approximate surface area is 196 Å². The predicted molar refractivity (Wildman–Crippen MR) is 131 cm³/mol. The Hall–Kier alpha value is -2.07. The van der Waals surface area contributed by atoms with Crippen LogP contribution < -0.4 is 10.6 Å². The van der Waals surface area contributed by atoms with Gasteiger partial charge in [0.05, 0.1) is 4.90 Å². The van der Waals surface area contributed by atoms with Gasteiger partial charge < -0.3 is 10.6 Å². The van der Waals surface area contributed by atoms with Crippen molar-refractivity contribution in [1.29, 1.82) is 0 Å². The molecule has 0 bridgehead atoms. The number of nitrogens with zero attached hydrogens (tertiary/aromatic N) is 3. The zero-order valence-corrected chi connectivity index (χ0v) is 19.9. The minimum atomic E-state index is -3.48. The highest BCUT2D eigenvalue weighted by molar-refractivity contribution is 7.89. The lowest BCUT2D eigenvalue weighted by atomic mass is 9.94. The van der Waals surface area contributed by atoms with Gasteiger partial charge in [-0.1, -0.05) is 25.3 Å². The normalized spacial score (nSPS) is 18.9. The molecule has 2 aromatic rings. The summed E-state index contributed by atoms with van der Waals surface area (Å²) >= 11 is 5.33. The fourth-order valence-corrected chi connectivity index (χ4v) is 6.09. The molecule has 9 heteroatoms. The zero-order valence-electron chi connectivity index (χ0n) is 18.2. The van der Waals surface area contributed by atoms with Gasteiger partial charge >= 0.3 is 0 Å². The lowest BCUT2D eigenvalue weighted by Gasteiger charge is -2.40. The molecule has 1 aromatic carbocycles. The minimum absolute atomic E-state index is 0.323. The Bertz CT molecular complexity index is 985. The van der Waals surface area contributed by atoms with Crippen LogP contribution in [0.1, 0.15) is 37.7 Å². The number of sulfonamides is 1. The Balaban J connectivity index is 1.29. The highest BCUT2D eigenvalue weighted by Crippen LogP contribution is 2.25. The SMILES string of the molecule is O=S(=O)(c1ccc(NC(=S)NCc2cccnc2)cc1)N1CCN(C2CCCCC2)CC1. The molecule has 1 aliphatic heterocycles. The molecule has 4 rings (SSSR count). The predicted octanol–water partition coefficient (Wildman–Crippen LogP) is 3.21. The second-order valence-electron chi connectivity index (χ2n) is 8.43. The van der Waals surface area contributed by atoms with E-state index in [9.17, 15) is 8.42 Å². The largest absolute Gasteiger partial charge is 0.358 e. The van der Waals surface area contributed by atoms with Gasteiger partial charge in [0.1, 0.15) is 0 Å². The van der Waals surface area contributed by atoms with Crippen molar-refractivity contribution in [2.45, 2.75) is 49.6 Å². The molecule has 0 unspecified atom stereocenters. The first-order valence-corrected chi connectivity index (χ1v) is 13.2. The maximum Gasteiger partial charge on any atom is 0.243 e. The molecule has 0 spiro atoms. The summed E-state index contributed by atoms with van der Waals surface area (Å²) in [6.07, 6.45) is 9.94. The zero-order chi connectivity index (χ0) is 22.4. The molecule has 0 atom stereocenters. The van der Waals surface area contributed by atoms with Crippen LogP contribution in [0, 0.1) is 0 Å². The van der Waals surface area contributed by atoms with Gasteiger partial charge in [-0.15, -0.1) is 0 Å². The minimum Gasteiger partial charge on any atom is -0.358 e. The van der Waals surface area contributed by atoms with Crippen LogP contribution >= 0.6 is 12.2 Å². The molecule has 2 heterocycles. The van der Waals surface area contributed by atoms with E-state index in [1.165, 1.54) is 32.1 Å². The Morgan fingerprint density at radius 2 is 1.75 bits per heavy atom. The average molecular weight is 474 g/mol. The van der Waals surface area contributed by atoms with Crippen LogP contribution in [0.5, 0.6) is 0 Å². The second-order valence-corrected chi connectivity index (χ2v) is 10.8. The van der Waals surface area contributed by atoms with Crippen molar-refractivity contribution in [2.24, 2.45) is 0 Å². The number of pyridine rings is 1. The van der Waals surface area contributed by atoms with Gasteiger partial charge in [0.15, 0.2) is 5.11 Å². The summed E-state index contributed by atoms with van der Waals surface area (Å²) < 4.78 is 27.8. The monoisotopic (exact) mass is 473 g/mol. The van der Waals surface area contributed by atoms with Gasteiger partial charge in [-0.05, 0) is 61.0 Å². The average Bonchev–Trinajstić information content (AvgIpc) is 2.84. The van der Waals surface area contributed by atoms with Gasteiger partial charge in [0.2, 0.25) is 10.0 Å². The third kappa shape index (κ3) is 5.83. The Morgan fingerprint density at radius 3 is 2.41 bits per heavy atom. The van der Waals surface area contributed by atoms with E-state index in [2.05, 4.69) is 20.5 Å². The number of benzene rings is 1. The van der Waals surface area contributed by atoms with E-state index in [0.29, 0.717) is 35.7 Å². The van der Waals surface area contributed by atoms with Crippen LogP contribution in [0.4, 0.5) is 5.69 Å². The van der Waals surface area contributed by atoms with Crippen LogP contribution in [-0.4, -0.2) is 59.9 Å². The summed E-state index contributed by atoms with van der Waals surface area (Å²) in [5.41, 5.74) is 1.77. The molecular weight excluding hydrogens is 442 g/mol. The molecule has 1 aromatic heterocycles. The van der Waals surface area contributed by atoms with Crippen molar-refractivity contribution in [3.63, 3.8) is 0 Å². The van der Waals surface area contributed by atoms with Gasteiger partial charge in [-0.3, -0.25) is 9.88 Å². The number of nitrogens with one attached hydrogen (secondary N) is 2. The third-order valence-corrected chi connectivity index (χ3v) is 8.45. The molecule has 1 aliphatic carbocycles. The molecule has 0 radical (unpaired) electrons. The number of aromatic nitrogens is 1. The van der Waals surface area contributed by atoms with E-state index in [4.69, 9.17) is 12.2 Å². The number of thiocarbonyl (C=S) groups is 1. The molecule has 2 aliphatic rings. The van der Waals surface area contributed by atoms with Crippen molar-refractivity contribution >= 4 is 33.0 Å². The van der Waals surface area contributed by atoms with E-state index >= 15 is 0 Å². The van der Waals surface area contributed by atoms with Crippen molar-refractivity contribution in [3.05, 3.63) is 54.4 Å². The summed E-state index contributed by atoms with van der Waals surface area (Å²) in [4.78, 5) is 6.88. The quantitative estimate of drug-likeness (QED) is 0.624. The lowest BCUT2D eigenvalue weighted by Crippen LogP contribution is -2.52. The smallest absolute Gasteiger partial charge is 0.243 e. The van der Waals surface area contributed by atoms with Crippen molar-refractivity contribution in [2.75, 3.05) is 31.5 Å². The number of hydrogen-bond donors (Lipinski definition) is 2. The van der Waals surface area contributed by atoms with Crippen LogP contribution in [-0.2, 0) is 16.6 Å². The standard InChI is InChI=1S/C23H31N5O2S2/c29-32(30,28-15-13-27(14-16-28)21-6-2-1-3-7-21)22-10-8-20(9-11-22)26-23(31)25-18-19-5-4-12-24-17-19/h4-5,8-12,17,21H,1-3,6-7,13-16,18H2,(H2,25,26,31). The summed E-state index contributed by atoms with van der Waals surface area (Å²) in [6, 6.07) is 11.3. The molecule has 0 amide bonds. The Morgan fingerprint density at radius 1 is 1.03 bits per heavy atom. The van der Waals surface area contributed by atoms with Crippen LogP contribution in [0.15, 0.2) is 53.7 Å². The maximum atomic E-state index is 13.1. The number of rotatable bonds is 6. The highest BCUT2D eigenvalue weighted by atomic mass is 32.2. The summed E-state index contributed by atoms with van der Waals surface area (Å²) in [6.45, 7) is 3.32. The molecular formula is C23H31N5O2S2. The third-order valence-electron chi connectivity index (χ3n) is 6.29. The Kier molecular flexibility index (Phi) is 7.72. The molecule has 32 heavy (non-hydrogen) atoms. The summed E-state index contributed by atoms with van der Waals surface area (Å²) in [7, 11) is -3.48. The van der Waals surface area contributed by atoms with Crippen LogP contribution in [0.25, 0.3) is 0 Å². The van der Waals surface area contributed by atoms with Gasteiger partial charge in [-0.25, -0.2) is 8.42 Å². The number of piperazine rings is 1. The molecule has 1 saturated heterocycles. The van der Waals surface area contributed by atoms with Gasteiger partial charge in [-0.2, -0.15) is 4.31 Å². The fourth-order valence-electron chi connectivity index (χ4n) is 4.47. The first-order valence-electron chi connectivity index (χ1n) is 11.3. The summed E-state index contributed by atoms with van der Waals surface area (Å²) in [5, 5.41) is 6.70. The number of hydrogen-bond acceptors (Lipinski definition) is 5. The van der Waals surface area contributed by atoms with E-state index in [-0.39, 0.29) is 0 Å². The summed E-state index contributed by atoms with van der Waals surface area (Å²) in [5.74, 6) is 0. The van der Waals surface area contributed by atoms with Gasteiger partial charge in [0.25, 0.3) is 0 Å². The highest BCUT2D eigenvalue weighted by Gasteiger charge is 2.31. The second kappa shape index (κ2) is 10.7. The van der Waals surface area contributed by atoms with Crippen LogP contribution in [0.3, 0.4) is 0 Å². The van der Waals surface area contributed by atoms with Crippen LogP contribution in [0.2, 0.25) is 0 Å². The van der Waals surface area contributed by atoms with E-state index in [1.807, 2.05) is 12.1 Å². The lowest BCUT2D eigenvalue weighted by molar-refractivity contribution is 0.111. The van der Waals surface area contributed by atoms with Crippen molar-refractivity contribution in [1.82, 2.24) is 19.5 Å². The first kappa shape index (κ1) is 23.1. The first-order chi connectivity index (χ1) is 15.5. The van der Waals surface area contributed by atoms with Crippen molar-refractivity contribution in [3.8, 4) is 0 Å². The molecule has 7 nitrogen and oxygen atoms in total. The fraction of sp³-hybridized carbons (Fsp3) is 0.478. The van der Waals surface area contributed by atoms with E-state index < -0.39 is 10.0 Å². The molecule has 2 fully saturated rings. The van der Waals surface area contributed by atoms with E-state index in [0.717, 1.165) is 24.3 Å². The number of anilines is 1.